The fourth-order valence-electron chi connectivity index (χ4n) is 3.21. The number of carbonyl (C=O) groups excluding carboxylic acids is 2. The van der Waals surface area contributed by atoms with E-state index >= 15 is 0 Å². The molecule has 0 saturated carbocycles. The van der Waals surface area contributed by atoms with E-state index < -0.39 is 0 Å². The molecule has 8 heteroatoms. The predicted molar refractivity (Wildman–Crippen MR) is 85.6 cm³/mol. The summed E-state index contributed by atoms with van der Waals surface area (Å²) in [6.45, 7) is 1.34. The van der Waals surface area contributed by atoms with Crippen LogP contribution in [0.5, 0.6) is 0 Å². The average molecular weight is 318 g/mol. The van der Waals surface area contributed by atoms with Crippen molar-refractivity contribution in [2.24, 2.45) is 5.92 Å². The highest BCUT2D eigenvalue weighted by Crippen LogP contribution is 2.30. The number of carbonyl (C=O) groups is 2. The number of fused-ring (bicyclic) bond motifs is 4. The van der Waals surface area contributed by atoms with Gasteiger partial charge in [0.2, 0.25) is 17.8 Å². The minimum atomic E-state index is -0.117. The molecule has 0 spiro atoms. The number of anilines is 2. The van der Waals surface area contributed by atoms with Crippen LogP contribution in [0.1, 0.15) is 12.8 Å². The molecule has 3 aliphatic rings. The number of nitrogens with zero attached hydrogens (tertiary/aromatic N) is 5. The van der Waals surface area contributed by atoms with Crippen molar-refractivity contribution in [3.63, 3.8) is 0 Å². The SMILES string of the molecule is CN(C)C(=O)CN1C(=O)[C@H]2CC[C@@H]1CN(c1nccc(N)n1)C2. The van der Waals surface area contributed by atoms with Crippen LogP contribution < -0.4 is 10.6 Å². The summed E-state index contributed by atoms with van der Waals surface area (Å²) in [5, 5.41) is 0. The van der Waals surface area contributed by atoms with Crippen LogP contribution >= 0.6 is 0 Å². The average Bonchev–Trinajstić information content (AvgIpc) is 2.80. The Morgan fingerprint density at radius 2 is 2.17 bits per heavy atom. The molecule has 124 valence electrons. The highest BCUT2D eigenvalue weighted by molar-refractivity contribution is 5.87. The van der Waals surface area contributed by atoms with Gasteiger partial charge in [0.25, 0.3) is 0 Å². The number of likely N-dealkylation sites (N-methyl/N-ethyl adjacent to an activating group) is 1. The Morgan fingerprint density at radius 3 is 2.87 bits per heavy atom. The zero-order valence-electron chi connectivity index (χ0n) is 13.5. The summed E-state index contributed by atoms with van der Waals surface area (Å²) >= 11 is 0. The Bertz CT molecular complexity index is 620. The third kappa shape index (κ3) is 3.06. The van der Waals surface area contributed by atoms with Gasteiger partial charge in [-0.25, -0.2) is 4.98 Å². The van der Waals surface area contributed by atoms with E-state index in [4.69, 9.17) is 5.73 Å². The Hall–Kier alpha value is -2.38. The summed E-state index contributed by atoms with van der Waals surface area (Å²) in [4.78, 5) is 38.5. The maximum absolute atomic E-state index is 12.7. The summed E-state index contributed by atoms with van der Waals surface area (Å²) in [7, 11) is 3.41. The number of amides is 2. The molecule has 1 aromatic heterocycles. The molecule has 4 heterocycles. The van der Waals surface area contributed by atoms with Crippen LogP contribution in [0.25, 0.3) is 0 Å². The lowest BCUT2D eigenvalue weighted by Crippen LogP contribution is -2.51. The van der Waals surface area contributed by atoms with Gasteiger partial charge in [-0.1, -0.05) is 0 Å². The number of rotatable bonds is 3. The summed E-state index contributed by atoms with van der Waals surface area (Å²) in [6.07, 6.45) is 3.37. The Kier molecular flexibility index (Phi) is 4.06. The van der Waals surface area contributed by atoms with Crippen molar-refractivity contribution in [3.8, 4) is 0 Å². The fourth-order valence-corrected chi connectivity index (χ4v) is 3.21. The van der Waals surface area contributed by atoms with Gasteiger partial charge in [0, 0.05) is 39.4 Å². The molecule has 4 rings (SSSR count). The van der Waals surface area contributed by atoms with Gasteiger partial charge in [0.05, 0.1) is 5.92 Å². The summed E-state index contributed by atoms with van der Waals surface area (Å²) in [6, 6.07) is 1.65. The van der Waals surface area contributed by atoms with Crippen molar-refractivity contribution < 1.29 is 9.59 Å². The first kappa shape index (κ1) is 15.5. The lowest BCUT2D eigenvalue weighted by molar-refractivity contribution is -0.145. The molecule has 0 aromatic carbocycles. The monoisotopic (exact) mass is 318 g/mol. The molecular weight excluding hydrogens is 296 g/mol. The van der Waals surface area contributed by atoms with E-state index in [-0.39, 0.29) is 30.3 Å². The van der Waals surface area contributed by atoms with Gasteiger partial charge in [0.15, 0.2) is 0 Å². The van der Waals surface area contributed by atoms with Crippen LogP contribution in [0.15, 0.2) is 12.3 Å². The fraction of sp³-hybridized carbons (Fsp3) is 0.600. The van der Waals surface area contributed by atoms with Crippen LogP contribution in [0.2, 0.25) is 0 Å². The van der Waals surface area contributed by atoms with Gasteiger partial charge in [-0.3, -0.25) is 9.59 Å². The van der Waals surface area contributed by atoms with Gasteiger partial charge in [-0.15, -0.1) is 0 Å². The molecule has 3 fully saturated rings. The third-order valence-electron chi connectivity index (χ3n) is 4.55. The lowest BCUT2D eigenvalue weighted by Gasteiger charge is -2.35. The van der Waals surface area contributed by atoms with E-state index in [0.29, 0.717) is 24.9 Å². The number of nitrogen functional groups attached to an aromatic ring is 1. The summed E-state index contributed by atoms with van der Waals surface area (Å²) in [5.41, 5.74) is 5.74. The van der Waals surface area contributed by atoms with E-state index in [1.54, 1.807) is 31.3 Å². The number of hydrogen-bond donors (Lipinski definition) is 1. The number of nitrogens with two attached hydrogens (primary N) is 1. The van der Waals surface area contributed by atoms with E-state index in [1.807, 2.05) is 4.90 Å². The van der Waals surface area contributed by atoms with Crippen molar-refractivity contribution in [3.05, 3.63) is 12.3 Å². The molecule has 2 N–H and O–H groups in total. The molecular formula is C15H22N6O2. The molecule has 2 bridgehead atoms. The Balaban J connectivity index is 1.82. The quantitative estimate of drug-likeness (QED) is 0.813. The van der Waals surface area contributed by atoms with Crippen molar-refractivity contribution in [1.82, 2.24) is 19.8 Å². The zero-order valence-corrected chi connectivity index (χ0v) is 13.5. The zero-order chi connectivity index (χ0) is 16.6. The maximum Gasteiger partial charge on any atom is 0.241 e. The topological polar surface area (TPSA) is 95.7 Å². The van der Waals surface area contributed by atoms with Crippen LogP contribution in [0, 0.1) is 5.92 Å². The molecule has 8 nitrogen and oxygen atoms in total. The minimum absolute atomic E-state index is 0.00943. The number of hydrogen-bond acceptors (Lipinski definition) is 6. The van der Waals surface area contributed by atoms with Gasteiger partial charge in [-0.05, 0) is 18.9 Å². The number of piperidine rings is 1. The Labute approximate surface area is 135 Å². The molecule has 1 aromatic rings. The molecule has 2 amide bonds. The van der Waals surface area contributed by atoms with Crippen LogP contribution in [0.4, 0.5) is 11.8 Å². The second kappa shape index (κ2) is 6.02. The number of aromatic nitrogens is 2. The van der Waals surface area contributed by atoms with E-state index in [1.165, 1.54) is 4.90 Å². The maximum atomic E-state index is 12.7. The smallest absolute Gasteiger partial charge is 0.241 e. The van der Waals surface area contributed by atoms with Gasteiger partial charge in [0.1, 0.15) is 12.4 Å². The molecule has 2 atom stereocenters. The lowest BCUT2D eigenvalue weighted by atomic mass is 9.94. The van der Waals surface area contributed by atoms with E-state index in [2.05, 4.69) is 9.97 Å². The summed E-state index contributed by atoms with van der Waals surface area (Å²) in [5.74, 6) is 0.849. The first-order valence-electron chi connectivity index (χ1n) is 7.80. The van der Waals surface area contributed by atoms with E-state index in [0.717, 1.165) is 12.8 Å². The van der Waals surface area contributed by atoms with Crippen molar-refractivity contribution in [1.29, 1.82) is 0 Å². The van der Waals surface area contributed by atoms with Crippen molar-refractivity contribution in [2.45, 2.75) is 18.9 Å². The third-order valence-corrected chi connectivity index (χ3v) is 4.55. The highest BCUT2D eigenvalue weighted by Gasteiger charge is 2.42. The van der Waals surface area contributed by atoms with E-state index in [9.17, 15) is 9.59 Å². The molecule has 3 saturated heterocycles. The second-order valence-electron chi connectivity index (χ2n) is 6.37. The van der Waals surface area contributed by atoms with Crippen LogP contribution in [-0.4, -0.2) is 71.4 Å². The minimum Gasteiger partial charge on any atom is -0.384 e. The standard InChI is InChI=1S/C15H22N6O2/c1-19(2)13(22)9-21-11-4-3-10(14(21)23)7-20(8-11)15-17-6-5-12(16)18-15/h5-6,10-11H,3-4,7-9H2,1-2H3,(H2,16,17,18)/t10-,11+/m0/s1. The van der Waals surface area contributed by atoms with Crippen molar-refractivity contribution >= 4 is 23.6 Å². The Morgan fingerprint density at radius 1 is 1.39 bits per heavy atom. The molecule has 0 radical (unpaired) electrons. The molecule has 23 heavy (non-hydrogen) atoms. The first-order valence-corrected chi connectivity index (χ1v) is 7.80. The largest absolute Gasteiger partial charge is 0.384 e. The molecule has 0 unspecified atom stereocenters. The van der Waals surface area contributed by atoms with Crippen LogP contribution in [-0.2, 0) is 9.59 Å². The second-order valence-corrected chi connectivity index (χ2v) is 6.37. The highest BCUT2D eigenvalue weighted by atomic mass is 16.2. The van der Waals surface area contributed by atoms with Gasteiger partial charge >= 0.3 is 0 Å². The van der Waals surface area contributed by atoms with Crippen molar-refractivity contribution in [2.75, 3.05) is 44.4 Å². The molecule has 0 aliphatic carbocycles. The first-order chi connectivity index (χ1) is 11.0. The predicted octanol–water partition coefficient (Wildman–Crippen LogP) is -0.426. The molecule has 3 aliphatic heterocycles. The summed E-state index contributed by atoms with van der Waals surface area (Å²) < 4.78 is 0. The van der Waals surface area contributed by atoms with Gasteiger partial charge in [-0.2, -0.15) is 4.98 Å². The normalized spacial score (nSPS) is 23.8. The van der Waals surface area contributed by atoms with Crippen LogP contribution in [0.3, 0.4) is 0 Å². The van der Waals surface area contributed by atoms with Gasteiger partial charge < -0.3 is 20.4 Å².